The second kappa shape index (κ2) is 10.0. The molecule has 2 amide bonds. The van der Waals surface area contributed by atoms with Crippen LogP contribution in [0.2, 0.25) is 0 Å². The van der Waals surface area contributed by atoms with E-state index in [1.165, 1.54) is 17.6 Å². The van der Waals surface area contributed by atoms with Gasteiger partial charge in [-0.05, 0) is 42.6 Å². The lowest BCUT2D eigenvalue weighted by molar-refractivity contribution is -0.139. The van der Waals surface area contributed by atoms with Crippen LogP contribution in [0.1, 0.15) is 28.2 Å². The highest BCUT2D eigenvalue weighted by Crippen LogP contribution is 2.31. The molecular formula is C26H21N3O6S. The van der Waals surface area contributed by atoms with Crippen molar-refractivity contribution in [3.05, 3.63) is 88.0 Å². The minimum atomic E-state index is -0.723. The van der Waals surface area contributed by atoms with Crippen molar-refractivity contribution in [2.75, 3.05) is 13.2 Å². The first kappa shape index (κ1) is 23.3. The van der Waals surface area contributed by atoms with Gasteiger partial charge in [-0.3, -0.25) is 0 Å². The first-order valence-corrected chi connectivity index (χ1v) is 12.0. The third-order valence-corrected chi connectivity index (χ3v) is 6.47. The minimum Gasteiger partial charge on any atom is -0.463 e. The van der Waals surface area contributed by atoms with Crippen molar-refractivity contribution in [2.24, 2.45) is 0 Å². The number of furan rings is 1. The predicted molar refractivity (Wildman–Crippen MR) is 132 cm³/mol. The molecule has 9 nitrogen and oxygen atoms in total. The summed E-state index contributed by atoms with van der Waals surface area (Å²) < 4.78 is 16.3. The number of para-hydroxylation sites is 1. The Morgan fingerprint density at radius 3 is 2.69 bits per heavy atom. The molecule has 1 aliphatic heterocycles. The maximum absolute atomic E-state index is 13.3. The molecule has 3 aromatic heterocycles. The predicted octanol–water partition coefficient (Wildman–Crippen LogP) is 4.58. The highest BCUT2D eigenvalue weighted by atomic mass is 32.1. The van der Waals surface area contributed by atoms with Gasteiger partial charge in [0.05, 0.1) is 41.3 Å². The van der Waals surface area contributed by atoms with Crippen molar-refractivity contribution in [2.45, 2.75) is 13.0 Å². The lowest BCUT2D eigenvalue weighted by Gasteiger charge is -2.28. The summed E-state index contributed by atoms with van der Waals surface area (Å²) >= 11 is 1.39. The van der Waals surface area contributed by atoms with Crippen molar-refractivity contribution in [1.82, 2.24) is 15.6 Å². The molecule has 2 N–H and O–H groups in total. The standard InChI is InChI=1S/C26H21N3O6S/c1-2-33-25(31)22-19(28-26(32)29-23(22)21-10-6-12-36-21)14-35-24(30)16-13-18(20-9-5-11-34-20)27-17-8-4-3-7-15(16)17/h3-13,23H,2,14H2,1H3,(H2,28,29,32)/t23-/m0/s1. The van der Waals surface area contributed by atoms with E-state index in [1.807, 2.05) is 23.6 Å². The van der Waals surface area contributed by atoms with E-state index >= 15 is 0 Å². The number of nitrogens with zero attached hydrogens (tertiary/aromatic N) is 1. The fraction of sp³-hybridized carbons (Fsp3) is 0.154. The molecule has 5 rings (SSSR count). The Hall–Kier alpha value is -4.44. The Morgan fingerprint density at radius 2 is 1.94 bits per heavy atom. The summed E-state index contributed by atoms with van der Waals surface area (Å²) in [6, 6.07) is 14.7. The molecule has 1 aromatic carbocycles. The molecule has 0 unspecified atom stereocenters. The number of carbonyl (C=O) groups excluding carboxylic acids is 3. The van der Waals surface area contributed by atoms with E-state index in [2.05, 4.69) is 15.6 Å². The molecule has 0 fully saturated rings. The summed E-state index contributed by atoms with van der Waals surface area (Å²) in [5.74, 6) is -0.743. The largest absolute Gasteiger partial charge is 0.463 e. The van der Waals surface area contributed by atoms with Crippen LogP contribution in [0.25, 0.3) is 22.4 Å². The van der Waals surface area contributed by atoms with E-state index in [9.17, 15) is 14.4 Å². The zero-order valence-electron chi connectivity index (χ0n) is 19.1. The molecule has 0 bridgehead atoms. The molecule has 1 atom stereocenters. The van der Waals surface area contributed by atoms with Gasteiger partial charge in [0.2, 0.25) is 0 Å². The van der Waals surface area contributed by atoms with Crippen LogP contribution in [0.5, 0.6) is 0 Å². The second-order valence-electron chi connectivity index (χ2n) is 7.79. The molecule has 0 aliphatic carbocycles. The van der Waals surface area contributed by atoms with Crippen molar-refractivity contribution in [1.29, 1.82) is 0 Å². The van der Waals surface area contributed by atoms with Crippen LogP contribution >= 0.6 is 11.3 Å². The van der Waals surface area contributed by atoms with Gasteiger partial charge in [-0.2, -0.15) is 0 Å². The number of benzene rings is 1. The summed E-state index contributed by atoms with van der Waals surface area (Å²) in [6.45, 7) is 1.51. The van der Waals surface area contributed by atoms with Gasteiger partial charge in [0, 0.05) is 10.3 Å². The number of fused-ring (bicyclic) bond motifs is 1. The summed E-state index contributed by atoms with van der Waals surface area (Å²) in [5.41, 5.74) is 1.69. The number of hydrogen-bond donors (Lipinski definition) is 2. The molecule has 0 radical (unpaired) electrons. The lowest BCUT2D eigenvalue weighted by atomic mass is 10.0. The van der Waals surface area contributed by atoms with Gasteiger partial charge >= 0.3 is 18.0 Å². The molecule has 4 heterocycles. The Kier molecular flexibility index (Phi) is 6.50. The lowest BCUT2D eigenvalue weighted by Crippen LogP contribution is -2.46. The van der Waals surface area contributed by atoms with Crippen LogP contribution in [-0.2, 0) is 14.3 Å². The number of nitrogens with one attached hydrogen (secondary N) is 2. The van der Waals surface area contributed by atoms with Gasteiger partial charge in [0.1, 0.15) is 12.3 Å². The van der Waals surface area contributed by atoms with Crippen LogP contribution in [0, 0.1) is 0 Å². The minimum absolute atomic E-state index is 0.152. The van der Waals surface area contributed by atoms with E-state index in [0.717, 1.165) is 4.88 Å². The molecule has 36 heavy (non-hydrogen) atoms. The third-order valence-electron chi connectivity index (χ3n) is 5.53. The molecule has 0 spiro atoms. The van der Waals surface area contributed by atoms with E-state index in [1.54, 1.807) is 43.3 Å². The average Bonchev–Trinajstić information content (AvgIpc) is 3.61. The topological polar surface area (TPSA) is 120 Å². The maximum atomic E-state index is 13.3. The number of urea groups is 1. The molecule has 0 saturated heterocycles. The monoisotopic (exact) mass is 503 g/mol. The summed E-state index contributed by atoms with van der Waals surface area (Å²) in [7, 11) is 0. The van der Waals surface area contributed by atoms with Crippen LogP contribution in [-0.4, -0.2) is 36.2 Å². The number of hydrogen-bond acceptors (Lipinski definition) is 8. The van der Waals surface area contributed by atoms with Crippen molar-refractivity contribution in [3.8, 4) is 11.5 Å². The third kappa shape index (κ3) is 4.58. The number of ether oxygens (including phenoxy) is 2. The molecule has 0 saturated carbocycles. The summed E-state index contributed by atoms with van der Waals surface area (Å²) in [5, 5.41) is 7.80. The normalized spacial score (nSPS) is 15.4. The first-order valence-electron chi connectivity index (χ1n) is 11.2. The van der Waals surface area contributed by atoms with E-state index in [4.69, 9.17) is 13.9 Å². The summed E-state index contributed by atoms with van der Waals surface area (Å²) in [6.07, 6.45) is 1.53. The Balaban J connectivity index is 1.49. The summed E-state index contributed by atoms with van der Waals surface area (Å²) in [4.78, 5) is 43.9. The number of amides is 2. The second-order valence-corrected chi connectivity index (χ2v) is 8.76. The quantitative estimate of drug-likeness (QED) is 0.354. The van der Waals surface area contributed by atoms with Gasteiger partial charge in [-0.15, -0.1) is 11.3 Å². The van der Waals surface area contributed by atoms with E-state index in [0.29, 0.717) is 22.4 Å². The maximum Gasteiger partial charge on any atom is 0.339 e. The number of pyridine rings is 1. The van der Waals surface area contributed by atoms with Gasteiger partial charge in [-0.25, -0.2) is 19.4 Å². The van der Waals surface area contributed by atoms with Gasteiger partial charge < -0.3 is 24.5 Å². The fourth-order valence-electron chi connectivity index (χ4n) is 3.96. The van der Waals surface area contributed by atoms with E-state index in [-0.39, 0.29) is 30.0 Å². The molecule has 182 valence electrons. The fourth-order valence-corrected chi connectivity index (χ4v) is 4.75. The average molecular weight is 504 g/mol. The van der Waals surface area contributed by atoms with Crippen molar-refractivity contribution >= 4 is 40.2 Å². The Morgan fingerprint density at radius 1 is 1.08 bits per heavy atom. The van der Waals surface area contributed by atoms with Crippen LogP contribution in [0.4, 0.5) is 4.79 Å². The smallest absolute Gasteiger partial charge is 0.339 e. The molecule has 1 aliphatic rings. The zero-order valence-corrected chi connectivity index (χ0v) is 20.0. The Bertz CT molecular complexity index is 1460. The number of esters is 2. The highest BCUT2D eigenvalue weighted by Gasteiger charge is 2.35. The number of aromatic nitrogens is 1. The van der Waals surface area contributed by atoms with Gasteiger partial charge in [0.25, 0.3) is 0 Å². The van der Waals surface area contributed by atoms with Crippen LogP contribution < -0.4 is 10.6 Å². The Labute approximate surface area is 209 Å². The SMILES string of the molecule is CCOC(=O)C1=C(COC(=O)c2cc(-c3ccco3)nc3ccccc23)NC(=O)N[C@H]1c1cccs1. The molecule has 10 heteroatoms. The van der Waals surface area contributed by atoms with Gasteiger partial charge in [-0.1, -0.05) is 24.3 Å². The van der Waals surface area contributed by atoms with Gasteiger partial charge in [0.15, 0.2) is 5.76 Å². The number of rotatable bonds is 7. The first-order chi connectivity index (χ1) is 17.5. The molecule has 4 aromatic rings. The number of thiophene rings is 1. The van der Waals surface area contributed by atoms with Crippen LogP contribution in [0.3, 0.4) is 0 Å². The van der Waals surface area contributed by atoms with Crippen molar-refractivity contribution < 1.29 is 28.3 Å². The van der Waals surface area contributed by atoms with E-state index < -0.39 is 24.0 Å². The van der Waals surface area contributed by atoms with Crippen LogP contribution in [0.15, 0.2) is 81.9 Å². The highest BCUT2D eigenvalue weighted by molar-refractivity contribution is 7.10. The number of carbonyl (C=O) groups is 3. The molecular weight excluding hydrogens is 482 g/mol. The van der Waals surface area contributed by atoms with Crippen molar-refractivity contribution in [3.63, 3.8) is 0 Å². The zero-order chi connectivity index (χ0) is 25.1.